The molecule has 2 heterocycles. The number of carbonyl (C=O) groups excluding carboxylic acids is 3. The average molecular weight is 434 g/mol. The van der Waals surface area contributed by atoms with Gasteiger partial charge in [-0.2, -0.15) is 0 Å². The van der Waals surface area contributed by atoms with E-state index in [1.807, 2.05) is 48.5 Å². The van der Waals surface area contributed by atoms with Crippen molar-refractivity contribution in [2.45, 2.75) is 32.5 Å². The Balaban J connectivity index is 1.52. The molecule has 2 aliphatic rings. The lowest BCUT2D eigenvalue weighted by molar-refractivity contribution is -0.130. The number of alkyl carbamates (subject to hydrolysis) is 1. The van der Waals surface area contributed by atoms with E-state index in [0.717, 1.165) is 24.0 Å². The minimum atomic E-state index is -1.18. The maximum atomic E-state index is 13.4. The summed E-state index contributed by atoms with van der Waals surface area (Å²) in [5, 5.41) is 2.55. The summed E-state index contributed by atoms with van der Waals surface area (Å²) in [5.74, 6) is -0.589. The largest absolute Gasteiger partial charge is 0.445 e. The van der Waals surface area contributed by atoms with Gasteiger partial charge in [0.25, 0.3) is 5.91 Å². The first-order chi connectivity index (χ1) is 15.5. The third-order valence-electron chi connectivity index (χ3n) is 5.63. The Morgan fingerprint density at radius 2 is 1.75 bits per heavy atom. The van der Waals surface area contributed by atoms with Gasteiger partial charge in [-0.05, 0) is 31.4 Å². The van der Waals surface area contributed by atoms with E-state index in [0.29, 0.717) is 24.5 Å². The number of benzodiazepines with no additional fused rings is 1. The van der Waals surface area contributed by atoms with E-state index in [-0.39, 0.29) is 19.1 Å². The molecule has 0 bridgehead atoms. The van der Waals surface area contributed by atoms with Crippen molar-refractivity contribution in [3.05, 3.63) is 65.7 Å². The molecule has 1 saturated heterocycles. The van der Waals surface area contributed by atoms with Crippen LogP contribution in [0.3, 0.4) is 0 Å². The van der Waals surface area contributed by atoms with Crippen LogP contribution < -0.4 is 10.2 Å². The van der Waals surface area contributed by atoms with Crippen LogP contribution in [0.2, 0.25) is 0 Å². The molecule has 0 saturated carbocycles. The molecule has 32 heavy (non-hydrogen) atoms. The van der Waals surface area contributed by atoms with E-state index >= 15 is 0 Å². The number of nitrogens with zero attached hydrogens (tertiary/aromatic N) is 3. The molecule has 166 valence electrons. The van der Waals surface area contributed by atoms with Crippen molar-refractivity contribution in [3.63, 3.8) is 0 Å². The van der Waals surface area contributed by atoms with Gasteiger partial charge in [0.1, 0.15) is 13.2 Å². The van der Waals surface area contributed by atoms with Crippen LogP contribution in [-0.4, -0.2) is 54.3 Å². The molecule has 8 heteroatoms. The second kappa shape index (κ2) is 9.64. The number of anilines is 1. The predicted molar refractivity (Wildman–Crippen MR) is 120 cm³/mol. The van der Waals surface area contributed by atoms with Gasteiger partial charge in [0.2, 0.25) is 12.1 Å². The molecule has 2 aromatic rings. The molecule has 1 atom stereocenters. The number of likely N-dealkylation sites (tertiary alicyclic amines) is 1. The van der Waals surface area contributed by atoms with Gasteiger partial charge >= 0.3 is 6.09 Å². The van der Waals surface area contributed by atoms with Crippen molar-refractivity contribution in [2.24, 2.45) is 4.99 Å². The molecular formula is C24H26N4O4. The van der Waals surface area contributed by atoms with Crippen LogP contribution in [0.5, 0.6) is 0 Å². The fourth-order valence-electron chi connectivity index (χ4n) is 3.94. The van der Waals surface area contributed by atoms with Gasteiger partial charge in [0, 0.05) is 24.4 Å². The number of para-hydroxylation sites is 1. The summed E-state index contributed by atoms with van der Waals surface area (Å²) in [4.78, 5) is 46.3. The number of hydrogen-bond acceptors (Lipinski definition) is 5. The van der Waals surface area contributed by atoms with E-state index in [4.69, 9.17) is 4.74 Å². The zero-order valence-electron chi connectivity index (χ0n) is 18.0. The Morgan fingerprint density at radius 1 is 1.06 bits per heavy atom. The summed E-state index contributed by atoms with van der Waals surface area (Å²) in [6.45, 7) is 3.16. The molecule has 2 aliphatic heterocycles. The molecule has 1 fully saturated rings. The number of amides is 3. The first kappa shape index (κ1) is 21.5. The molecule has 4 rings (SSSR count). The number of carbonyl (C=O) groups is 3. The fraction of sp³-hybridized carbons (Fsp3) is 0.333. The van der Waals surface area contributed by atoms with Gasteiger partial charge in [-0.3, -0.25) is 24.8 Å². The van der Waals surface area contributed by atoms with Crippen LogP contribution in [0, 0.1) is 0 Å². The first-order valence-corrected chi connectivity index (χ1v) is 10.7. The second-order valence-electron chi connectivity index (χ2n) is 7.85. The minimum Gasteiger partial charge on any atom is -0.445 e. The van der Waals surface area contributed by atoms with Gasteiger partial charge in [0.05, 0.1) is 5.69 Å². The predicted octanol–water partition coefficient (Wildman–Crippen LogP) is 2.72. The maximum Gasteiger partial charge on any atom is 0.409 e. The van der Waals surface area contributed by atoms with E-state index in [9.17, 15) is 14.4 Å². The monoisotopic (exact) mass is 434 g/mol. The zero-order chi connectivity index (χ0) is 22.5. The highest BCUT2D eigenvalue weighted by atomic mass is 16.5. The quantitative estimate of drug-likeness (QED) is 0.783. The van der Waals surface area contributed by atoms with Crippen LogP contribution in [0.1, 0.15) is 30.9 Å². The number of fused-ring (bicyclic) bond motifs is 1. The second-order valence-corrected chi connectivity index (χ2v) is 7.85. The summed E-state index contributed by atoms with van der Waals surface area (Å²) < 4.78 is 5.26. The molecule has 0 aromatic heterocycles. The Kier molecular flexibility index (Phi) is 6.49. The number of benzene rings is 2. The van der Waals surface area contributed by atoms with Crippen LogP contribution in [0.4, 0.5) is 10.5 Å². The van der Waals surface area contributed by atoms with E-state index in [2.05, 4.69) is 10.3 Å². The van der Waals surface area contributed by atoms with Gasteiger partial charge in [-0.15, -0.1) is 0 Å². The van der Waals surface area contributed by atoms with Crippen molar-refractivity contribution >= 4 is 29.3 Å². The van der Waals surface area contributed by atoms with Crippen LogP contribution in [0.25, 0.3) is 0 Å². The Labute approximate surface area is 186 Å². The van der Waals surface area contributed by atoms with Crippen molar-refractivity contribution in [1.29, 1.82) is 0 Å². The molecule has 2 aromatic carbocycles. The first-order valence-electron chi connectivity index (χ1n) is 10.7. The van der Waals surface area contributed by atoms with Crippen molar-refractivity contribution in [3.8, 4) is 0 Å². The van der Waals surface area contributed by atoms with Gasteiger partial charge in [0.15, 0.2) is 0 Å². The SMILES string of the molecule is CC1=NC(NC(=O)OCc2ccccc2)C(=O)N(CC(=O)N2CCCC2)c2ccccc21. The molecule has 8 nitrogen and oxygen atoms in total. The highest BCUT2D eigenvalue weighted by Gasteiger charge is 2.34. The summed E-state index contributed by atoms with van der Waals surface area (Å²) in [7, 11) is 0. The smallest absolute Gasteiger partial charge is 0.409 e. The molecular weight excluding hydrogens is 408 g/mol. The maximum absolute atomic E-state index is 13.4. The third kappa shape index (κ3) is 4.80. The van der Waals surface area contributed by atoms with Crippen LogP contribution >= 0.6 is 0 Å². The van der Waals surface area contributed by atoms with E-state index < -0.39 is 18.2 Å². The Hall–Kier alpha value is -3.68. The molecule has 0 radical (unpaired) electrons. The lowest BCUT2D eigenvalue weighted by Gasteiger charge is -2.27. The molecule has 1 unspecified atom stereocenters. The average Bonchev–Trinajstić information content (AvgIpc) is 3.33. The number of hydrogen-bond donors (Lipinski definition) is 1. The highest BCUT2D eigenvalue weighted by molar-refractivity contribution is 6.13. The number of nitrogens with one attached hydrogen (secondary N) is 1. The molecule has 3 amide bonds. The Bertz CT molecular complexity index is 1030. The molecule has 0 aliphatic carbocycles. The number of ether oxygens (including phenoxy) is 1. The van der Waals surface area contributed by atoms with Gasteiger partial charge in [-0.25, -0.2) is 4.79 Å². The number of rotatable bonds is 5. The van der Waals surface area contributed by atoms with Crippen LogP contribution in [0.15, 0.2) is 59.6 Å². The summed E-state index contributed by atoms with van der Waals surface area (Å²) in [5.41, 5.74) is 2.78. The van der Waals surface area contributed by atoms with Crippen molar-refractivity contribution < 1.29 is 19.1 Å². The van der Waals surface area contributed by atoms with E-state index in [1.165, 1.54) is 4.90 Å². The van der Waals surface area contributed by atoms with Crippen molar-refractivity contribution in [2.75, 3.05) is 24.5 Å². The minimum absolute atomic E-state index is 0.0770. The lowest BCUT2D eigenvalue weighted by Crippen LogP contribution is -2.50. The lowest BCUT2D eigenvalue weighted by atomic mass is 10.1. The third-order valence-corrected chi connectivity index (χ3v) is 5.63. The summed E-state index contributed by atoms with van der Waals surface area (Å²) >= 11 is 0. The Morgan fingerprint density at radius 3 is 2.50 bits per heavy atom. The molecule has 1 N–H and O–H groups in total. The van der Waals surface area contributed by atoms with Crippen molar-refractivity contribution in [1.82, 2.24) is 10.2 Å². The number of aliphatic imine (C=N–C) groups is 1. The fourth-order valence-corrected chi connectivity index (χ4v) is 3.94. The highest BCUT2D eigenvalue weighted by Crippen LogP contribution is 2.26. The van der Waals surface area contributed by atoms with Crippen LogP contribution in [-0.2, 0) is 20.9 Å². The van der Waals surface area contributed by atoms with E-state index in [1.54, 1.807) is 17.9 Å². The zero-order valence-corrected chi connectivity index (χ0v) is 18.0. The summed E-state index contributed by atoms with van der Waals surface area (Å²) in [6.07, 6.45) is 0.00357. The molecule has 0 spiro atoms. The standard InChI is InChI=1S/C24H26N4O4/c1-17-19-11-5-6-12-20(19)28(15-21(29)27-13-7-8-14-27)23(30)22(25-17)26-24(31)32-16-18-9-3-2-4-10-18/h2-6,9-12,22H,7-8,13-16H2,1H3,(H,26,31). The summed E-state index contributed by atoms with van der Waals surface area (Å²) in [6, 6.07) is 16.6. The normalized spacial score (nSPS) is 18.0. The van der Waals surface area contributed by atoms with Gasteiger partial charge < -0.3 is 9.64 Å². The van der Waals surface area contributed by atoms with Gasteiger partial charge in [-0.1, -0.05) is 48.5 Å². The topological polar surface area (TPSA) is 91.3 Å².